The average Bonchev–Trinajstić information content (AvgIpc) is 2.60. The van der Waals surface area contributed by atoms with E-state index >= 15 is 0 Å². The number of benzene rings is 2. The first kappa shape index (κ1) is 18.1. The summed E-state index contributed by atoms with van der Waals surface area (Å²) in [6, 6.07) is 15.7. The summed E-state index contributed by atoms with van der Waals surface area (Å²) < 4.78 is 5.60. The third kappa shape index (κ3) is 5.42. The van der Waals surface area contributed by atoms with E-state index < -0.39 is 0 Å². The summed E-state index contributed by atoms with van der Waals surface area (Å²) in [4.78, 5) is 13.0. The molecule has 0 heterocycles. The summed E-state index contributed by atoms with van der Waals surface area (Å²) in [5.74, 6) is 0.788. The number of hydrogen-bond donors (Lipinski definition) is 1. The summed E-state index contributed by atoms with van der Waals surface area (Å²) in [6.07, 6.45) is 3.64. The fraction of sp³-hybridized carbons (Fsp3) is 0.263. The van der Waals surface area contributed by atoms with Gasteiger partial charge in [-0.2, -0.15) is 5.10 Å². The van der Waals surface area contributed by atoms with Crippen LogP contribution in [0, 0.1) is 0 Å². The molecule has 0 aliphatic heterocycles. The normalized spacial score (nSPS) is 11.0. The van der Waals surface area contributed by atoms with Crippen molar-refractivity contribution in [3.05, 3.63) is 59.7 Å². The molecule has 0 aliphatic rings. The van der Waals surface area contributed by atoms with Crippen molar-refractivity contribution in [1.29, 1.82) is 0 Å². The Kier molecular flexibility index (Phi) is 6.88. The van der Waals surface area contributed by atoms with Gasteiger partial charge in [0.2, 0.25) is 0 Å². The van der Waals surface area contributed by atoms with Gasteiger partial charge in [-0.25, -0.2) is 5.43 Å². The van der Waals surface area contributed by atoms with Crippen molar-refractivity contribution in [2.45, 2.75) is 24.7 Å². The van der Waals surface area contributed by atoms with Crippen LogP contribution in [0.1, 0.15) is 30.9 Å². The monoisotopic (exact) mass is 342 g/mol. The van der Waals surface area contributed by atoms with Crippen molar-refractivity contribution in [2.24, 2.45) is 5.10 Å². The standard InChI is InChI=1S/C19H22N2O2S/c1-14(2)17-6-4-5-7-18(17)23-13-19(22)21-20-12-15-8-10-16(24-3)11-9-15/h4-12,14H,13H2,1-3H3,(H,21,22). The van der Waals surface area contributed by atoms with Crippen molar-refractivity contribution < 1.29 is 9.53 Å². The molecule has 4 nitrogen and oxygen atoms in total. The fourth-order valence-corrected chi connectivity index (χ4v) is 2.54. The molecular formula is C19H22N2O2S. The van der Waals surface area contributed by atoms with E-state index in [9.17, 15) is 4.79 Å². The zero-order valence-corrected chi connectivity index (χ0v) is 15.0. The van der Waals surface area contributed by atoms with Gasteiger partial charge in [-0.15, -0.1) is 11.8 Å². The molecule has 0 atom stereocenters. The zero-order chi connectivity index (χ0) is 17.4. The van der Waals surface area contributed by atoms with E-state index in [-0.39, 0.29) is 12.5 Å². The van der Waals surface area contributed by atoms with Crippen LogP contribution in [0.25, 0.3) is 0 Å². The number of amides is 1. The Bertz CT molecular complexity index is 697. The topological polar surface area (TPSA) is 50.7 Å². The minimum absolute atomic E-state index is 0.0630. The molecule has 0 saturated heterocycles. The summed E-state index contributed by atoms with van der Waals surface area (Å²) >= 11 is 1.68. The van der Waals surface area contributed by atoms with Gasteiger partial charge in [0.1, 0.15) is 5.75 Å². The molecule has 2 aromatic rings. The number of hydrazone groups is 1. The third-order valence-corrected chi connectivity index (χ3v) is 4.16. The number of nitrogens with one attached hydrogen (secondary N) is 1. The number of para-hydroxylation sites is 1. The summed E-state index contributed by atoms with van der Waals surface area (Å²) in [5, 5.41) is 3.96. The van der Waals surface area contributed by atoms with Gasteiger partial charge in [0.25, 0.3) is 5.91 Å². The van der Waals surface area contributed by atoms with Crippen molar-refractivity contribution in [1.82, 2.24) is 5.43 Å². The molecular weight excluding hydrogens is 320 g/mol. The van der Waals surface area contributed by atoms with Crippen molar-refractivity contribution in [3.8, 4) is 5.75 Å². The van der Waals surface area contributed by atoms with Crippen molar-refractivity contribution >= 4 is 23.9 Å². The van der Waals surface area contributed by atoms with Gasteiger partial charge in [-0.1, -0.05) is 44.2 Å². The highest BCUT2D eigenvalue weighted by atomic mass is 32.2. The number of thioether (sulfide) groups is 1. The number of carbonyl (C=O) groups is 1. The Morgan fingerprint density at radius 2 is 1.92 bits per heavy atom. The molecule has 0 radical (unpaired) electrons. The largest absolute Gasteiger partial charge is 0.483 e. The quantitative estimate of drug-likeness (QED) is 0.469. The lowest BCUT2D eigenvalue weighted by Gasteiger charge is -2.12. The molecule has 0 aromatic heterocycles. The van der Waals surface area contributed by atoms with E-state index in [4.69, 9.17) is 4.74 Å². The van der Waals surface area contributed by atoms with Gasteiger partial charge >= 0.3 is 0 Å². The van der Waals surface area contributed by atoms with Crippen LogP contribution in [0.5, 0.6) is 5.75 Å². The molecule has 0 aliphatic carbocycles. The van der Waals surface area contributed by atoms with Crippen molar-refractivity contribution in [3.63, 3.8) is 0 Å². The molecule has 2 rings (SSSR count). The van der Waals surface area contributed by atoms with Crippen LogP contribution in [-0.2, 0) is 4.79 Å². The van der Waals surface area contributed by atoms with Crippen molar-refractivity contribution in [2.75, 3.05) is 12.9 Å². The Morgan fingerprint density at radius 1 is 1.21 bits per heavy atom. The predicted molar refractivity (Wildman–Crippen MR) is 100.0 cm³/mol. The SMILES string of the molecule is CSc1ccc(C=NNC(=O)COc2ccccc2C(C)C)cc1. The zero-order valence-electron chi connectivity index (χ0n) is 14.2. The van der Waals surface area contributed by atoms with Crippen LogP contribution in [0.3, 0.4) is 0 Å². The van der Waals surface area contributed by atoms with Crippen LogP contribution in [0.4, 0.5) is 0 Å². The van der Waals surface area contributed by atoms with Gasteiger partial charge < -0.3 is 4.74 Å². The number of hydrogen-bond acceptors (Lipinski definition) is 4. The molecule has 126 valence electrons. The summed E-state index contributed by atoms with van der Waals surface area (Å²) in [7, 11) is 0. The van der Waals surface area contributed by atoms with E-state index in [0.29, 0.717) is 5.92 Å². The maximum Gasteiger partial charge on any atom is 0.277 e. The Hall–Kier alpha value is -2.27. The Labute approximate surface area is 147 Å². The highest BCUT2D eigenvalue weighted by Crippen LogP contribution is 2.25. The molecule has 0 unspecified atom stereocenters. The molecule has 0 spiro atoms. The third-order valence-electron chi connectivity index (χ3n) is 3.42. The minimum atomic E-state index is -0.287. The maximum atomic E-state index is 11.8. The first-order valence-corrected chi connectivity index (χ1v) is 9.00. The van der Waals surface area contributed by atoms with Crippen LogP contribution < -0.4 is 10.2 Å². The molecule has 0 fully saturated rings. The van der Waals surface area contributed by atoms with Gasteiger partial charge in [0.15, 0.2) is 6.61 Å². The van der Waals surface area contributed by atoms with Crippen LogP contribution in [-0.4, -0.2) is 25.0 Å². The first-order chi connectivity index (χ1) is 11.6. The van der Waals surface area contributed by atoms with Gasteiger partial charge in [0, 0.05) is 4.90 Å². The molecule has 2 aromatic carbocycles. The highest BCUT2D eigenvalue weighted by Gasteiger charge is 2.08. The van der Waals surface area contributed by atoms with E-state index in [1.54, 1.807) is 18.0 Å². The number of nitrogens with zero attached hydrogens (tertiary/aromatic N) is 1. The Morgan fingerprint density at radius 3 is 2.58 bits per heavy atom. The molecule has 0 saturated carbocycles. The second-order valence-electron chi connectivity index (χ2n) is 5.55. The maximum absolute atomic E-state index is 11.8. The predicted octanol–water partition coefficient (Wildman–Crippen LogP) is 4.06. The lowest BCUT2D eigenvalue weighted by atomic mass is 10.0. The lowest BCUT2D eigenvalue weighted by molar-refractivity contribution is -0.123. The summed E-state index contributed by atoms with van der Waals surface area (Å²) in [5.41, 5.74) is 4.49. The van der Waals surface area contributed by atoms with Gasteiger partial charge in [-0.3, -0.25) is 4.79 Å². The minimum Gasteiger partial charge on any atom is -0.483 e. The first-order valence-electron chi connectivity index (χ1n) is 7.78. The number of rotatable bonds is 7. The second-order valence-corrected chi connectivity index (χ2v) is 6.43. The second kappa shape index (κ2) is 9.13. The molecule has 0 bridgehead atoms. The average molecular weight is 342 g/mol. The molecule has 1 N–H and O–H groups in total. The Balaban J connectivity index is 1.84. The summed E-state index contributed by atoms with van der Waals surface area (Å²) in [6.45, 7) is 4.12. The van der Waals surface area contributed by atoms with E-state index in [2.05, 4.69) is 24.4 Å². The molecule has 5 heteroatoms. The fourth-order valence-electron chi connectivity index (χ4n) is 2.13. The van der Waals surface area contributed by atoms with Gasteiger partial charge in [0.05, 0.1) is 6.21 Å². The van der Waals surface area contributed by atoms with Gasteiger partial charge in [-0.05, 0) is 41.5 Å². The van der Waals surface area contributed by atoms with Crippen LogP contribution >= 0.6 is 11.8 Å². The number of carbonyl (C=O) groups excluding carboxylic acids is 1. The van der Waals surface area contributed by atoms with Crippen LogP contribution in [0.15, 0.2) is 58.5 Å². The molecule has 24 heavy (non-hydrogen) atoms. The van der Waals surface area contributed by atoms with E-state index in [1.807, 2.05) is 54.8 Å². The van der Waals surface area contributed by atoms with E-state index in [0.717, 1.165) is 16.9 Å². The number of ether oxygens (including phenoxy) is 1. The van der Waals surface area contributed by atoms with E-state index in [1.165, 1.54) is 4.90 Å². The smallest absolute Gasteiger partial charge is 0.277 e. The van der Waals surface area contributed by atoms with Crippen LogP contribution in [0.2, 0.25) is 0 Å². The highest BCUT2D eigenvalue weighted by molar-refractivity contribution is 7.98. The lowest BCUT2D eigenvalue weighted by Crippen LogP contribution is -2.24. The molecule has 1 amide bonds.